The van der Waals surface area contributed by atoms with Crippen molar-refractivity contribution < 1.29 is 9.69 Å². The van der Waals surface area contributed by atoms with Crippen molar-refractivity contribution in [2.24, 2.45) is 0 Å². The molecule has 0 aromatic heterocycles. The van der Waals surface area contributed by atoms with Crippen LogP contribution in [0.25, 0.3) is 0 Å². The van der Waals surface area contributed by atoms with Crippen LogP contribution in [0.4, 0.5) is 11.4 Å². The maximum absolute atomic E-state index is 12.6. The Hall–Kier alpha value is -2.55. The summed E-state index contributed by atoms with van der Waals surface area (Å²) in [6, 6.07) is 14.2. The van der Waals surface area contributed by atoms with E-state index in [-0.39, 0.29) is 5.91 Å². The number of hydrogen-bond acceptors (Lipinski definition) is 3. The summed E-state index contributed by atoms with van der Waals surface area (Å²) in [6.45, 7) is 4.00. The summed E-state index contributed by atoms with van der Waals surface area (Å²) in [7, 11) is 2.19. The van der Waals surface area contributed by atoms with E-state index in [4.69, 9.17) is 16.9 Å². The van der Waals surface area contributed by atoms with Crippen molar-refractivity contribution in [3.8, 4) is 6.07 Å². The molecular weight excluding hydrogens is 336 g/mol. The van der Waals surface area contributed by atoms with Crippen LogP contribution in [0.15, 0.2) is 42.5 Å². The number of amides is 1. The van der Waals surface area contributed by atoms with Gasteiger partial charge in [0.25, 0.3) is 5.91 Å². The molecule has 1 aliphatic heterocycles. The smallest absolute Gasteiger partial charge is 0.255 e. The fourth-order valence-electron chi connectivity index (χ4n) is 2.90. The Bertz CT molecular complexity index is 805. The van der Waals surface area contributed by atoms with E-state index in [9.17, 15) is 4.79 Å². The molecule has 0 radical (unpaired) electrons. The van der Waals surface area contributed by atoms with Gasteiger partial charge < -0.3 is 15.1 Å². The van der Waals surface area contributed by atoms with Gasteiger partial charge in [-0.3, -0.25) is 4.79 Å². The molecule has 3 rings (SSSR count). The van der Waals surface area contributed by atoms with Crippen molar-refractivity contribution in [2.75, 3.05) is 43.4 Å². The first kappa shape index (κ1) is 17.3. The monoisotopic (exact) mass is 355 g/mol. The van der Waals surface area contributed by atoms with Crippen LogP contribution in [0.2, 0.25) is 5.02 Å². The van der Waals surface area contributed by atoms with Crippen LogP contribution in [0.3, 0.4) is 0 Å². The number of piperazine rings is 1. The van der Waals surface area contributed by atoms with E-state index in [2.05, 4.69) is 17.3 Å². The van der Waals surface area contributed by atoms with Gasteiger partial charge in [-0.15, -0.1) is 0 Å². The third-order valence-corrected chi connectivity index (χ3v) is 4.68. The molecule has 2 N–H and O–H groups in total. The molecule has 0 aliphatic carbocycles. The Morgan fingerprint density at radius 3 is 2.52 bits per heavy atom. The van der Waals surface area contributed by atoms with Gasteiger partial charge in [-0.2, -0.15) is 5.26 Å². The Balaban J connectivity index is 1.82. The Morgan fingerprint density at radius 2 is 1.88 bits per heavy atom. The summed E-state index contributed by atoms with van der Waals surface area (Å²) in [5.74, 6) is -0.215. The predicted octanol–water partition coefficient (Wildman–Crippen LogP) is 1.80. The highest BCUT2D eigenvalue weighted by molar-refractivity contribution is 6.31. The Labute approximate surface area is 152 Å². The van der Waals surface area contributed by atoms with Gasteiger partial charge >= 0.3 is 0 Å². The van der Waals surface area contributed by atoms with Crippen molar-refractivity contribution in [3.63, 3.8) is 0 Å². The van der Waals surface area contributed by atoms with E-state index in [0.29, 0.717) is 21.8 Å². The average Bonchev–Trinajstić information content (AvgIpc) is 2.63. The predicted molar refractivity (Wildman–Crippen MR) is 99.4 cm³/mol. The standard InChI is InChI=1S/C19H19ClN4O/c1-23-8-10-24(11-9-23)18-7-6-16(20)12-17(18)22-19(25)15-4-2-14(13-21)3-5-15/h2-7,12H,8-11H2,1H3,(H,22,25)/p+1. The molecule has 25 heavy (non-hydrogen) atoms. The zero-order valence-electron chi connectivity index (χ0n) is 14.1. The van der Waals surface area contributed by atoms with Gasteiger partial charge in [0.15, 0.2) is 0 Å². The van der Waals surface area contributed by atoms with E-state index in [0.717, 1.165) is 31.9 Å². The topological polar surface area (TPSA) is 60.6 Å². The molecule has 0 atom stereocenters. The van der Waals surface area contributed by atoms with E-state index in [1.165, 1.54) is 4.90 Å². The molecule has 2 aromatic rings. The third kappa shape index (κ3) is 4.11. The number of nitrogens with zero attached hydrogens (tertiary/aromatic N) is 2. The molecule has 0 unspecified atom stereocenters. The van der Waals surface area contributed by atoms with E-state index in [1.807, 2.05) is 18.2 Å². The lowest BCUT2D eigenvalue weighted by atomic mass is 10.1. The number of quaternary nitrogens is 1. The third-order valence-electron chi connectivity index (χ3n) is 4.44. The first-order chi connectivity index (χ1) is 12.1. The van der Waals surface area contributed by atoms with Crippen molar-refractivity contribution in [2.45, 2.75) is 0 Å². The zero-order chi connectivity index (χ0) is 17.8. The fraction of sp³-hybridized carbons (Fsp3) is 0.263. The van der Waals surface area contributed by atoms with Crippen molar-refractivity contribution >= 4 is 28.9 Å². The van der Waals surface area contributed by atoms with E-state index >= 15 is 0 Å². The molecule has 6 heteroatoms. The number of rotatable bonds is 3. The number of carbonyl (C=O) groups excluding carboxylic acids is 1. The normalized spacial score (nSPS) is 14.8. The van der Waals surface area contributed by atoms with E-state index < -0.39 is 0 Å². The second kappa shape index (κ2) is 7.56. The molecule has 1 heterocycles. The summed E-state index contributed by atoms with van der Waals surface area (Å²) in [5, 5.41) is 12.4. The summed E-state index contributed by atoms with van der Waals surface area (Å²) in [5.41, 5.74) is 2.73. The maximum atomic E-state index is 12.6. The minimum Gasteiger partial charge on any atom is -0.359 e. The van der Waals surface area contributed by atoms with Gasteiger partial charge in [0.1, 0.15) is 0 Å². The lowest BCUT2D eigenvalue weighted by Crippen LogP contribution is -3.12. The van der Waals surface area contributed by atoms with E-state index in [1.54, 1.807) is 30.3 Å². The lowest BCUT2D eigenvalue weighted by Gasteiger charge is -2.33. The van der Waals surface area contributed by atoms with Gasteiger partial charge in [-0.25, -0.2) is 0 Å². The van der Waals surface area contributed by atoms with Gasteiger partial charge in [-0.05, 0) is 42.5 Å². The van der Waals surface area contributed by atoms with Crippen LogP contribution in [0, 0.1) is 11.3 Å². The highest BCUT2D eigenvalue weighted by Gasteiger charge is 2.20. The minimum atomic E-state index is -0.215. The number of carbonyl (C=O) groups is 1. The Kier molecular flexibility index (Phi) is 5.22. The van der Waals surface area contributed by atoms with Crippen LogP contribution in [0.5, 0.6) is 0 Å². The quantitative estimate of drug-likeness (QED) is 0.882. The molecule has 1 fully saturated rings. The summed E-state index contributed by atoms with van der Waals surface area (Å²) < 4.78 is 0. The molecule has 1 aliphatic rings. The molecule has 128 valence electrons. The number of benzene rings is 2. The molecular formula is C19H20ClN4O+. The molecule has 1 amide bonds. The van der Waals surface area contributed by atoms with Gasteiger partial charge in [0, 0.05) is 10.6 Å². The molecule has 5 nitrogen and oxygen atoms in total. The van der Waals surface area contributed by atoms with Crippen LogP contribution in [-0.4, -0.2) is 39.1 Å². The minimum absolute atomic E-state index is 0.215. The average molecular weight is 356 g/mol. The second-order valence-corrected chi connectivity index (χ2v) is 6.69. The zero-order valence-corrected chi connectivity index (χ0v) is 14.8. The lowest BCUT2D eigenvalue weighted by molar-refractivity contribution is -0.880. The molecule has 0 spiro atoms. The number of likely N-dealkylation sites (N-methyl/N-ethyl adjacent to an activating group) is 1. The van der Waals surface area contributed by atoms with Crippen LogP contribution < -0.4 is 15.1 Å². The summed E-state index contributed by atoms with van der Waals surface area (Å²) in [4.78, 5) is 16.3. The van der Waals surface area contributed by atoms with Crippen LogP contribution in [-0.2, 0) is 0 Å². The van der Waals surface area contributed by atoms with Crippen molar-refractivity contribution in [1.82, 2.24) is 0 Å². The largest absolute Gasteiger partial charge is 0.359 e. The summed E-state index contributed by atoms with van der Waals surface area (Å²) in [6.07, 6.45) is 0. The Morgan fingerprint density at radius 1 is 1.20 bits per heavy atom. The summed E-state index contributed by atoms with van der Waals surface area (Å²) >= 11 is 6.14. The van der Waals surface area contributed by atoms with Gasteiger partial charge in [-0.1, -0.05) is 11.6 Å². The first-order valence-electron chi connectivity index (χ1n) is 8.24. The highest BCUT2D eigenvalue weighted by Crippen LogP contribution is 2.29. The number of halogens is 1. The molecule has 2 aromatic carbocycles. The van der Waals surface area contributed by atoms with Crippen molar-refractivity contribution in [1.29, 1.82) is 5.26 Å². The van der Waals surface area contributed by atoms with Gasteiger partial charge in [0.05, 0.1) is 56.2 Å². The van der Waals surface area contributed by atoms with Crippen molar-refractivity contribution in [3.05, 3.63) is 58.6 Å². The number of nitriles is 1. The number of anilines is 2. The molecule has 0 bridgehead atoms. The van der Waals surface area contributed by atoms with Crippen LogP contribution >= 0.6 is 11.6 Å². The highest BCUT2D eigenvalue weighted by atomic mass is 35.5. The van der Waals surface area contributed by atoms with Gasteiger partial charge in [0.2, 0.25) is 0 Å². The van der Waals surface area contributed by atoms with Crippen LogP contribution in [0.1, 0.15) is 15.9 Å². The SMILES string of the molecule is C[NH+]1CCN(c2ccc(Cl)cc2NC(=O)c2ccc(C#N)cc2)CC1. The maximum Gasteiger partial charge on any atom is 0.255 e. The fourth-order valence-corrected chi connectivity index (χ4v) is 3.08. The number of hydrogen-bond donors (Lipinski definition) is 2. The molecule has 1 saturated heterocycles. The second-order valence-electron chi connectivity index (χ2n) is 6.25. The number of nitrogens with one attached hydrogen (secondary N) is 2. The first-order valence-corrected chi connectivity index (χ1v) is 8.62. The molecule has 0 saturated carbocycles.